The van der Waals surface area contributed by atoms with Gasteiger partial charge in [-0.25, -0.2) is 0 Å². The van der Waals surface area contributed by atoms with Gasteiger partial charge in [-0.05, 0) is 26.0 Å². The average Bonchev–Trinajstić information content (AvgIpc) is 2.27. The van der Waals surface area contributed by atoms with Gasteiger partial charge in [0, 0.05) is 12.7 Å². The summed E-state index contributed by atoms with van der Waals surface area (Å²) in [7, 11) is 4.77. The van der Waals surface area contributed by atoms with Gasteiger partial charge in [-0.1, -0.05) is 0 Å². The lowest BCUT2D eigenvalue weighted by Crippen LogP contribution is -2.18. The molecule has 1 aromatic rings. The van der Waals surface area contributed by atoms with Crippen molar-refractivity contribution in [3.63, 3.8) is 0 Å². The summed E-state index contributed by atoms with van der Waals surface area (Å²) in [4.78, 5) is 0. The van der Waals surface area contributed by atoms with E-state index in [1.54, 1.807) is 41.2 Å². The molecule has 0 aliphatic rings. The number of hydrogen-bond donors (Lipinski definition) is 1. The molecule has 1 N–H and O–H groups in total. The highest BCUT2D eigenvalue weighted by molar-refractivity contribution is 5.51. The quantitative estimate of drug-likeness (QED) is 0.856. The Bertz CT molecular complexity index is 380. The van der Waals surface area contributed by atoms with Crippen molar-refractivity contribution in [1.82, 2.24) is 0 Å². The van der Waals surface area contributed by atoms with Gasteiger partial charge in [-0.2, -0.15) is 0 Å². The van der Waals surface area contributed by atoms with Crippen LogP contribution in [0.5, 0.6) is 11.5 Å². The molecular weight excluding hydrogens is 220 g/mol. The molecule has 0 heterocycles. The first-order chi connectivity index (χ1) is 7.95. The van der Waals surface area contributed by atoms with Crippen LogP contribution in [0.15, 0.2) is 12.1 Å². The first kappa shape index (κ1) is 13.8. The van der Waals surface area contributed by atoms with Crippen LogP contribution in [-0.2, 0) is 16.9 Å². The Balaban J connectivity index is 3.40. The molecule has 0 spiro atoms. The summed E-state index contributed by atoms with van der Waals surface area (Å²) in [6, 6.07) is 3.61. The van der Waals surface area contributed by atoms with Gasteiger partial charge < -0.3 is 19.3 Å². The second-order valence-electron chi connectivity index (χ2n) is 4.32. The predicted octanol–water partition coefficient (Wildman–Crippen LogP) is 2.08. The predicted molar refractivity (Wildman–Crippen MR) is 65.5 cm³/mol. The maximum Gasteiger partial charge on any atom is 0.134 e. The average molecular weight is 240 g/mol. The summed E-state index contributed by atoms with van der Waals surface area (Å²) >= 11 is 0. The Morgan fingerprint density at radius 1 is 1.12 bits per heavy atom. The van der Waals surface area contributed by atoms with Crippen LogP contribution >= 0.6 is 0 Å². The second kappa shape index (κ2) is 5.38. The van der Waals surface area contributed by atoms with Crippen molar-refractivity contribution >= 4 is 0 Å². The van der Waals surface area contributed by atoms with E-state index in [-0.39, 0.29) is 0 Å². The summed E-state index contributed by atoms with van der Waals surface area (Å²) in [6.07, 6.45) is 0. The van der Waals surface area contributed by atoms with E-state index < -0.39 is 5.60 Å². The molecule has 0 amide bonds. The molecule has 17 heavy (non-hydrogen) atoms. The molecule has 0 aliphatic heterocycles. The molecule has 0 saturated heterocycles. The van der Waals surface area contributed by atoms with Crippen molar-refractivity contribution < 1.29 is 19.3 Å². The van der Waals surface area contributed by atoms with Gasteiger partial charge in [-0.15, -0.1) is 0 Å². The third-order valence-corrected chi connectivity index (χ3v) is 2.59. The molecule has 0 saturated carbocycles. The fourth-order valence-electron chi connectivity index (χ4n) is 1.80. The normalized spacial score (nSPS) is 11.4. The lowest BCUT2D eigenvalue weighted by Gasteiger charge is -2.24. The molecule has 1 aromatic carbocycles. The van der Waals surface area contributed by atoms with Gasteiger partial charge in [0.05, 0.1) is 32.0 Å². The minimum atomic E-state index is -0.972. The minimum Gasteiger partial charge on any atom is -0.496 e. The highest BCUT2D eigenvalue weighted by Crippen LogP contribution is 2.38. The number of methoxy groups -OCH3 is 3. The lowest BCUT2D eigenvalue weighted by molar-refractivity contribution is 0.0749. The van der Waals surface area contributed by atoms with Crippen LogP contribution in [0, 0.1) is 0 Å². The molecule has 4 heteroatoms. The Morgan fingerprint density at radius 2 is 1.76 bits per heavy atom. The van der Waals surface area contributed by atoms with Gasteiger partial charge in [0.1, 0.15) is 11.5 Å². The van der Waals surface area contributed by atoms with E-state index in [1.165, 1.54) is 0 Å². The second-order valence-corrected chi connectivity index (χ2v) is 4.32. The van der Waals surface area contributed by atoms with Crippen LogP contribution in [0.25, 0.3) is 0 Å². The number of rotatable bonds is 5. The Morgan fingerprint density at radius 3 is 2.18 bits per heavy atom. The molecule has 0 radical (unpaired) electrons. The highest BCUT2D eigenvalue weighted by atomic mass is 16.5. The summed E-state index contributed by atoms with van der Waals surface area (Å²) in [5, 5.41) is 10.1. The molecule has 0 aromatic heterocycles. The smallest absolute Gasteiger partial charge is 0.134 e. The third kappa shape index (κ3) is 2.90. The molecule has 1 rings (SSSR count). The fourth-order valence-corrected chi connectivity index (χ4v) is 1.80. The number of benzene rings is 1. The topological polar surface area (TPSA) is 47.9 Å². The van der Waals surface area contributed by atoms with Gasteiger partial charge in [-0.3, -0.25) is 0 Å². The van der Waals surface area contributed by atoms with E-state index in [0.717, 1.165) is 5.56 Å². The zero-order valence-electron chi connectivity index (χ0n) is 11.0. The van der Waals surface area contributed by atoms with Crippen LogP contribution < -0.4 is 9.47 Å². The summed E-state index contributed by atoms with van der Waals surface area (Å²) in [5.74, 6) is 1.30. The standard InChI is InChI=1S/C13H20O4/c1-13(2,14)10-6-7-11(16-4)9(8-15-3)12(10)17-5/h6-7,14H,8H2,1-5H3. The van der Waals surface area contributed by atoms with Crippen molar-refractivity contribution in [3.05, 3.63) is 23.3 Å². The van der Waals surface area contributed by atoms with Crippen molar-refractivity contribution in [3.8, 4) is 11.5 Å². The first-order valence-electron chi connectivity index (χ1n) is 5.41. The lowest BCUT2D eigenvalue weighted by atomic mass is 9.94. The van der Waals surface area contributed by atoms with Crippen molar-refractivity contribution in [2.75, 3.05) is 21.3 Å². The highest BCUT2D eigenvalue weighted by Gasteiger charge is 2.24. The number of hydrogen-bond acceptors (Lipinski definition) is 4. The van der Waals surface area contributed by atoms with Gasteiger partial charge >= 0.3 is 0 Å². The van der Waals surface area contributed by atoms with Gasteiger partial charge in [0.25, 0.3) is 0 Å². The largest absolute Gasteiger partial charge is 0.496 e. The van der Waals surface area contributed by atoms with E-state index in [1.807, 2.05) is 6.07 Å². The molecule has 0 bridgehead atoms. The van der Waals surface area contributed by atoms with E-state index in [0.29, 0.717) is 23.7 Å². The van der Waals surface area contributed by atoms with Crippen molar-refractivity contribution in [2.24, 2.45) is 0 Å². The molecule has 0 unspecified atom stereocenters. The summed E-state index contributed by atoms with van der Waals surface area (Å²) in [6.45, 7) is 3.80. The van der Waals surface area contributed by atoms with Crippen molar-refractivity contribution in [1.29, 1.82) is 0 Å². The van der Waals surface area contributed by atoms with Crippen molar-refractivity contribution in [2.45, 2.75) is 26.1 Å². The molecule has 96 valence electrons. The monoisotopic (exact) mass is 240 g/mol. The molecule has 0 aliphatic carbocycles. The van der Waals surface area contributed by atoms with Gasteiger partial charge in [0.15, 0.2) is 0 Å². The van der Waals surface area contributed by atoms with Crippen LogP contribution in [-0.4, -0.2) is 26.4 Å². The first-order valence-corrected chi connectivity index (χ1v) is 5.41. The Kier molecular flexibility index (Phi) is 4.37. The van der Waals surface area contributed by atoms with Crippen LogP contribution in [0.4, 0.5) is 0 Å². The van der Waals surface area contributed by atoms with E-state index in [9.17, 15) is 5.11 Å². The van der Waals surface area contributed by atoms with E-state index >= 15 is 0 Å². The van der Waals surface area contributed by atoms with Crippen LogP contribution in [0.1, 0.15) is 25.0 Å². The summed E-state index contributed by atoms with van der Waals surface area (Å²) in [5.41, 5.74) is 0.546. The Hall–Kier alpha value is -1.26. The maximum absolute atomic E-state index is 10.1. The number of aliphatic hydroxyl groups is 1. The molecule has 4 nitrogen and oxygen atoms in total. The number of ether oxygens (including phenoxy) is 3. The zero-order chi connectivity index (χ0) is 13.1. The molecular formula is C13H20O4. The van der Waals surface area contributed by atoms with Crippen LogP contribution in [0.3, 0.4) is 0 Å². The third-order valence-electron chi connectivity index (χ3n) is 2.59. The van der Waals surface area contributed by atoms with Crippen LogP contribution in [0.2, 0.25) is 0 Å². The van der Waals surface area contributed by atoms with Gasteiger partial charge in [0.2, 0.25) is 0 Å². The summed E-state index contributed by atoms with van der Waals surface area (Å²) < 4.78 is 15.8. The van der Waals surface area contributed by atoms with E-state index in [4.69, 9.17) is 14.2 Å². The zero-order valence-corrected chi connectivity index (χ0v) is 11.0. The fraction of sp³-hybridized carbons (Fsp3) is 0.538. The Labute approximate surface area is 102 Å². The minimum absolute atomic E-state index is 0.371. The molecule has 0 fully saturated rings. The van der Waals surface area contributed by atoms with E-state index in [2.05, 4.69) is 0 Å². The maximum atomic E-state index is 10.1. The SMILES string of the molecule is COCc1c(OC)ccc(C(C)(C)O)c1OC. The molecule has 0 atom stereocenters.